The van der Waals surface area contributed by atoms with Crippen molar-refractivity contribution >= 4 is 70.8 Å². The first-order valence-corrected chi connectivity index (χ1v) is 16.9. The molecule has 1 saturated heterocycles. The molecule has 15 nitrogen and oxygen atoms in total. The summed E-state index contributed by atoms with van der Waals surface area (Å²) < 4.78 is 10.4. The van der Waals surface area contributed by atoms with Crippen LogP contribution in [0.4, 0.5) is 0 Å². The lowest BCUT2D eigenvalue weighted by atomic mass is 10.2. The lowest BCUT2D eigenvalue weighted by Crippen LogP contribution is -2.50. The monoisotopic (exact) mass is 675 g/mol. The van der Waals surface area contributed by atoms with Gasteiger partial charge in [0.1, 0.15) is 18.8 Å². The molecular formula is C28H45N5O10S2. The fourth-order valence-corrected chi connectivity index (χ4v) is 6.02. The number of likely N-dealkylation sites (tertiary alicyclic amines) is 1. The Hall–Kier alpha value is -3.18. The van der Waals surface area contributed by atoms with E-state index < -0.39 is 47.2 Å². The average Bonchev–Trinajstić information content (AvgIpc) is 3.26. The number of amides is 5. The molecule has 0 aromatic carbocycles. The van der Waals surface area contributed by atoms with E-state index in [0.717, 1.165) is 16.7 Å². The van der Waals surface area contributed by atoms with Gasteiger partial charge >= 0.3 is 11.9 Å². The van der Waals surface area contributed by atoms with Gasteiger partial charge in [-0.1, -0.05) is 20.8 Å². The largest absolute Gasteiger partial charge is 0.462 e. The van der Waals surface area contributed by atoms with Crippen LogP contribution in [0.5, 0.6) is 0 Å². The molecule has 1 rings (SSSR count). The molecule has 0 aromatic rings. The quantitative estimate of drug-likeness (QED) is 0.0628. The molecule has 1 fully saturated rings. The Bertz CT molecular complexity index is 1080. The number of thioether (sulfide) groups is 2. The van der Waals surface area contributed by atoms with Crippen molar-refractivity contribution < 1.29 is 47.8 Å². The molecule has 1 aliphatic heterocycles. The number of esters is 2. The lowest BCUT2D eigenvalue weighted by molar-refractivity contribution is -0.157. The topological polar surface area (TPSA) is 206 Å². The number of carbonyl (C=O) groups excluding carboxylic acids is 8. The molecular weight excluding hydrogens is 630 g/mol. The highest BCUT2D eigenvalue weighted by atomic mass is 32.2. The molecule has 5 amide bonds. The van der Waals surface area contributed by atoms with Gasteiger partial charge in [-0.05, 0) is 0 Å². The maximum atomic E-state index is 12.9. The van der Waals surface area contributed by atoms with Crippen molar-refractivity contribution in [2.24, 2.45) is 0 Å². The molecule has 45 heavy (non-hydrogen) atoms. The minimum absolute atomic E-state index is 0.0336. The van der Waals surface area contributed by atoms with Crippen LogP contribution in [0, 0.1) is 0 Å². The molecule has 0 saturated carbocycles. The number of ether oxygens (including phenoxy) is 2. The van der Waals surface area contributed by atoms with Crippen molar-refractivity contribution in [1.82, 2.24) is 26.2 Å². The second-order valence-corrected chi connectivity index (χ2v) is 12.3. The minimum Gasteiger partial charge on any atom is -0.462 e. The fraction of sp³-hybridized carbons (Fsp3) is 0.714. The normalized spacial score (nSPS) is 16.4. The van der Waals surface area contributed by atoms with Crippen molar-refractivity contribution in [2.75, 3.05) is 50.5 Å². The highest BCUT2D eigenvalue weighted by Gasteiger charge is 2.37. The van der Waals surface area contributed by atoms with Crippen LogP contribution in [0.2, 0.25) is 0 Å². The van der Waals surface area contributed by atoms with Crippen LogP contribution in [0.1, 0.15) is 53.4 Å². The highest BCUT2D eigenvalue weighted by molar-refractivity contribution is 8.00. The number of Topliss-reactive ketones (excluding diaryl/α,β-unsaturated/α-hetero) is 1. The molecule has 0 bridgehead atoms. The van der Waals surface area contributed by atoms with Crippen LogP contribution in [-0.4, -0.2) is 126 Å². The summed E-state index contributed by atoms with van der Waals surface area (Å²) in [5, 5.41) is 10.2. The average molecular weight is 676 g/mol. The molecule has 1 aliphatic rings. The zero-order valence-corrected chi connectivity index (χ0v) is 28.1. The predicted molar refractivity (Wildman–Crippen MR) is 168 cm³/mol. The summed E-state index contributed by atoms with van der Waals surface area (Å²) in [4.78, 5) is 97.6. The Balaban J connectivity index is 2.59. The summed E-state index contributed by atoms with van der Waals surface area (Å²) in [5.74, 6) is -2.54. The van der Waals surface area contributed by atoms with E-state index in [0.29, 0.717) is 0 Å². The van der Waals surface area contributed by atoms with Gasteiger partial charge in [0.2, 0.25) is 29.5 Å². The van der Waals surface area contributed by atoms with E-state index in [4.69, 9.17) is 9.47 Å². The number of hydrogen-bond donors (Lipinski definition) is 4. The van der Waals surface area contributed by atoms with Crippen LogP contribution < -0.4 is 21.3 Å². The SMILES string of the molecule is CCC(=O)N[C@@H](CSCC(COC(=O)CC)OC(=O)CC)C(=O)CNCCNC(=O)C(CSC1CC(=O)N(C)C1=O)NC(C)=O. The summed E-state index contributed by atoms with van der Waals surface area (Å²) in [6.07, 6.45) is -0.174. The fourth-order valence-electron chi connectivity index (χ4n) is 3.73. The van der Waals surface area contributed by atoms with Gasteiger partial charge < -0.3 is 30.7 Å². The minimum atomic E-state index is -0.931. The first-order chi connectivity index (χ1) is 21.3. The van der Waals surface area contributed by atoms with E-state index in [-0.39, 0.29) is 92.7 Å². The molecule has 0 spiro atoms. The molecule has 17 heteroatoms. The van der Waals surface area contributed by atoms with Gasteiger partial charge in [0.15, 0.2) is 5.78 Å². The van der Waals surface area contributed by atoms with Crippen molar-refractivity contribution in [3.05, 3.63) is 0 Å². The maximum Gasteiger partial charge on any atom is 0.305 e. The van der Waals surface area contributed by atoms with Crippen LogP contribution in [0.25, 0.3) is 0 Å². The number of imide groups is 1. The van der Waals surface area contributed by atoms with E-state index in [1.54, 1.807) is 20.8 Å². The van der Waals surface area contributed by atoms with Crippen LogP contribution in [0.15, 0.2) is 0 Å². The van der Waals surface area contributed by atoms with E-state index in [2.05, 4.69) is 21.3 Å². The molecule has 254 valence electrons. The molecule has 0 aliphatic carbocycles. The van der Waals surface area contributed by atoms with Crippen molar-refractivity contribution in [2.45, 2.75) is 76.8 Å². The standard InChI is InChI=1S/C28H45N5O10S2/c1-6-23(36)32-19(15-44-14-18(43-26(39)8-3)13-42-25(38)7-2)21(35)12-29-9-10-30-27(40)20(31-17(4)34)16-45-22-11-24(37)33(5)28(22)41/h18-20,22,29H,6-16H2,1-5H3,(H,30,40)(H,31,34)(H,32,36)/t18?,19-,20?,22?/m0/s1. The van der Waals surface area contributed by atoms with Gasteiger partial charge in [-0.2, -0.15) is 11.8 Å². The van der Waals surface area contributed by atoms with Gasteiger partial charge in [-0.3, -0.25) is 43.3 Å². The molecule has 4 atom stereocenters. The molecule has 0 radical (unpaired) electrons. The Morgan fingerprint density at radius 3 is 2.18 bits per heavy atom. The van der Waals surface area contributed by atoms with Gasteiger partial charge in [0, 0.05) is 70.0 Å². The summed E-state index contributed by atoms with van der Waals surface area (Å²) in [6, 6.07) is -1.77. The van der Waals surface area contributed by atoms with Crippen LogP contribution >= 0.6 is 23.5 Å². The second kappa shape index (κ2) is 21.5. The number of rotatable bonds is 22. The summed E-state index contributed by atoms with van der Waals surface area (Å²) >= 11 is 2.39. The van der Waals surface area contributed by atoms with E-state index in [9.17, 15) is 38.4 Å². The number of nitrogens with zero attached hydrogens (tertiary/aromatic N) is 1. The summed E-state index contributed by atoms with van der Waals surface area (Å²) in [6.45, 7) is 6.31. The van der Waals surface area contributed by atoms with E-state index in [1.807, 2.05) is 0 Å². The molecule has 0 aromatic heterocycles. The second-order valence-electron chi connectivity index (χ2n) is 10.0. The van der Waals surface area contributed by atoms with Gasteiger partial charge in [0.25, 0.3) is 0 Å². The maximum absolute atomic E-state index is 12.9. The van der Waals surface area contributed by atoms with Crippen molar-refractivity contribution in [3.8, 4) is 0 Å². The zero-order chi connectivity index (χ0) is 33.9. The third-order valence-electron chi connectivity index (χ3n) is 6.34. The van der Waals surface area contributed by atoms with Crippen LogP contribution in [0.3, 0.4) is 0 Å². The third kappa shape index (κ3) is 15.6. The first kappa shape index (κ1) is 39.8. The van der Waals surface area contributed by atoms with Gasteiger partial charge in [0.05, 0.1) is 17.8 Å². The number of ketones is 1. The Labute approximate surface area is 271 Å². The number of nitrogens with one attached hydrogen (secondary N) is 4. The van der Waals surface area contributed by atoms with E-state index >= 15 is 0 Å². The summed E-state index contributed by atoms with van der Waals surface area (Å²) in [7, 11) is 1.40. The van der Waals surface area contributed by atoms with Gasteiger partial charge in [-0.15, -0.1) is 11.8 Å². The molecule has 3 unspecified atom stereocenters. The lowest BCUT2D eigenvalue weighted by Gasteiger charge is -2.21. The number of hydrogen-bond acceptors (Lipinski definition) is 13. The first-order valence-electron chi connectivity index (χ1n) is 14.7. The van der Waals surface area contributed by atoms with E-state index in [1.165, 1.54) is 25.7 Å². The number of carbonyl (C=O) groups is 8. The van der Waals surface area contributed by atoms with Crippen LogP contribution in [-0.2, 0) is 47.8 Å². The van der Waals surface area contributed by atoms with Gasteiger partial charge in [-0.25, -0.2) is 0 Å². The smallest absolute Gasteiger partial charge is 0.305 e. The molecule has 4 N–H and O–H groups in total. The third-order valence-corrected chi connectivity index (χ3v) is 8.81. The molecule has 1 heterocycles. The summed E-state index contributed by atoms with van der Waals surface area (Å²) in [5.41, 5.74) is 0. The Morgan fingerprint density at radius 2 is 1.60 bits per heavy atom. The Morgan fingerprint density at radius 1 is 0.911 bits per heavy atom. The van der Waals surface area contributed by atoms with Crippen molar-refractivity contribution in [3.63, 3.8) is 0 Å². The zero-order valence-electron chi connectivity index (χ0n) is 26.4. The predicted octanol–water partition coefficient (Wildman–Crippen LogP) is -0.840. The van der Waals surface area contributed by atoms with Crippen molar-refractivity contribution in [1.29, 1.82) is 0 Å². The highest BCUT2D eigenvalue weighted by Crippen LogP contribution is 2.24. The Kier molecular flexibility index (Phi) is 19.1.